The van der Waals surface area contributed by atoms with Gasteiger partial charge in [-0.05, 0) is 32.6 Å². The minimum atomic E-state index is -0.480. The maximum absolute atomic E-state index is 12.1. The fraction of sp³-hybridized carbons (Fsp3) is 0.833. The van der Waals surface area contributed by atoms with Gasteiger partial charge < -0.3 is 15.3 Å². The highest BCUT2D eigenvalue weighted by molar-refractivity contribution is 5.86. The normalized spacial score (nSPS) is 17.1. The number of nitrogens with zero attached hydrogens (tertiary/aromatic N) is 1. The predicted molar refractivity (Wildman–Crippen MR) is 64.3 cm³/mol. The summed E-state index contributed by atoms with van der Waals surface area (Å²) >= 11 is 0. The Hall–Kier alpha value is -1.10. The third-order valence-corrected chi connectivity index (χ3v) is 3.15. The first-order valence-electron chi connectivity index (χ1n) is 6.24. The first-order chi connectivity index (χ1) is 8.06. The topological polar surface area (TPSA) is 69.6 Å². The Kier molecular flexibility index (Phi) is 5.41. The van der Waals surface area contributed by atoms with Crippen LogP contribution in [-0.4, -0.2) is 47.1 Å². The van der Waals surface area contributed by atoms with Gasteiger partial charge in [0.25, 0.3) is 0 Å². The number of aliphatic hydroxyl groups excluding tert-OH is 1. The fourth-order valence-electron chi connectivity index (χ4n) is 2.03. The maximum atomic E-state index is 12.1. The minimum Gasteiger partial charge on any atom is -0.396 e. The molecule has 0 radical (unpaired) electrons. The van der Waals surface area contributed by atoms with Gasteiger partial charge in [-0.2, -0.15) is 0 Å². The van der Waals surface area contributed by atoms with Gasteiger partial charge in [-0.1, -0.05) is 0 Å². The van der Waals surface area contributed by atoms with Crippen LogP contribution in [0.25, 0.3) is 0 Å². The van der Waals surface area contributed by atoms with Crippen molar-refractivity contribution in [3.63, 3.8) is 0 Å². The van der Waals surface area contributed by atoms with Gasteiger partial charge in [0, 0.05) is 26.1 Å². The van der Waals surface area contributed by atoms with Crippen LogP contribution in [0.15, 0.2) is 0 Å². The molecule has 98 valence electrons. The van der Waals surface area contributed by atoms with Crippen molar-refractivity contribution in [1.29, 1.82) is 0 Å². The number of amides is 2. The predicted octanol–water partition coefficient (Wildman–Crippen LogP) is 0.274. The second kappa shape index (κ2) is 6.59. The van der Waals surface area contributed by atoms with Crippen molar-refractivity contribution in [1.82, 2.24) is 10.2 Å². The van der Waals surface area contributed by atoms with Crippen LogP contribution in [0.5, 0.6) is 0 Å². The number of hydrogen-bond donors (Lipinski definition) is 2. The summed E-state index contributed by atoms with van der Waals surface area (Å²) in [5.41, 5.74) is 0. The van der Waals surface area contributed by atoms with Crippen molar-refractivity contribution in [2.24, 2.45) is 0 Å². The van der Waals surface area contributed by atoms with Gasteiger partial charge in [0.1, 0.15) is 6.04 Å². The molecule has 0 spiro atoms. The highest BCUT2D eigenvalue weighted by Gasteiger charge is 2.30. The Labute approximate surface area is 102 Å². The van der Waals surface area contributed by atoms with E-state index in [2.05, 4.69) is 5.32 Å². The molecule has 5 nitrogen and oxygen atoms in total. The van der Waals surface area contributed by atoms with Gasteiger partial charge in [0.05, 0.1) is 0 Å². The van der Waals surface area contributed by atoms with E-state index in [-0.39, 0.29) is 18.4 Å². The van der Waals surface area contributed by atoms with Crippen molar-refractivity contribution in [2.45, 2.75) is 51.6 Å². The lowest BCUT2D eigenvalue weighted by Crippen LogP contribution is -2.52. The monoisotopic (exact) mass is 242 g/mol. The van der Waals surface area contributed by atoms with E-state index >= 15 is 0 Å². The Balaban J connectivity index is 2.54. The molecule has 1 fully saturated rings. The molecular formula is C12H22N2O3. The molecule has 2 N–H and O–H groups in total. The molecule has 0 aliphatic heterocycles. The maximum Gasteiger partial charge on any atom is 0.245 e. The second-order valence-corrected chi connectivity index (χ2v) is 4.62. The lowest BCUT2D eigenvalue weighted by atomic mass is 9.91. The summed E-state index contributed by atoms with van der Waals surface area (Å²) < 4.78 is 0. The Morgan fingerprint density at radius 3 is 2.53 bits per heavy atom. The molecule has 1 rings (SSSR count). The van der Waals surface area contributed by atoms with Gasteiger partial charge >= 0.3 is 0 Å². The SMILES string of the molecule is CC(=O)NC(C)C(=O)N(CCCO)C1CCC1. The van der Waals surface area contributed by atoms with Crippen LogP contribution in [0.4, 0.5) is 0 Å². The number of carbonyl (C=O) groups is 2. The van der Waals surface area contributed by atoms with E-state index in [1.165, 1.54) is 6.92 Å². The van der Waals surface area contributed by atoms with Crippen molar-refractivity contribution in [2.75, 3.05) is 13.2 Å². The quantitative estimate of drug-likeness (QED) is 0.702. The Morgan fingerprint density at radius 1 is 1.47 bits per heavy atom. The van der Waals surface area contributed by atoms with Gasteiger partial charge in [-0.15, -0.1) is 0 Å². The number of rotatable bonds is 6. The summed E-state index contributed by atoms with van der Waals surface area (Å²) in [6, 6.07) is -0.183. The van der Waals surface area contributed by atoms with Crippen molar-refractivity contribution in [3.05, 3.63) is 0 Å². The summed E-state index contributed by atoms with van der Waals surface area (Å²) in [6.45, 7) is 3.77. The molecular weight excluding hydrogens is 220 g/mol. The van der Waals surface area contributed by atoms with Crippen LogP contribution in [0.3, 0.4) is 0 Å². The molecule has 5 heteroatoms. The molecule has 0 aromatic rings. The average Bonchev–Trinajstić information content (AvgIpc) is 2.19. The average molecular weight is 242 g/mol. The van der Waals surface area contributed by atoms with Crippen LogP contribution in [-0.2, 0) is 9.59 Å². The van der Waals surface area contributed by atoms with Gasteiger partial charge in [-0.3, -0.25) is 9.59 Å². The third kappa shape index (κ3) is 4.00. The first-order valence-corrected chi connectivity index (χ1v) is 6.24. The number of carbonyl (C=O) groups excluding carboxylic acids is 2. The minimum absolute atomic E-state index is 0.0432. The zero-order chi connectivity index (χ0) is 12.8. The summed E-state index contributed by atoms with van der Waals surface area (Å²) in [7, 11) is 0. The standard InChI is InChI=1S/C12H22N2O3/c1-9(13-10(2)16)12(17)14(7-4-8-15)11-5-3-6-11/h9,11,15H,3-8H2,1-2H3,(H,13,16). The molecule has 1 aliphatic carbocycles. The molecule has 0 aromatic carbocycles. The van der Waals surface area contributed by atoms with E-state index in [1.54, 1.807) is 11.8 Å². The van der Waals surface area contributed by atoms with Crippen molar-refractivity contribution < 1.29 is 14.7 Å². The van der Waals surface area contributed by atoms with Crippen molar-refractivity contribution in [3.8, 4) is 0 Å². The van der Waals surface area contributed by atoms with Gasteiger partial charge in [0.2, 0.25) is 11.8 Å². The summed E-state index contributed by atoms with van der Waals surface area (Å²) in [5, 5.41) is 11.5. The fourth-order valence-corrected chi connectivity index (χ4v) is 2.03. The molecule has 1 atom stereocenters. The van der Waals surface area contributed by atoms with Gasteiger partial charge in [0.15, 0.2) is 0 Å². The summed E-state index contributed by atoms with van der Waals surface area (Å²) in [5.74, 6) is -0.236. The molecule has 0 heterocycles. The smallest absolute Gasteiger partial charge is 0.245 e. The zero-order valence-corrected chi connectivity index (χ0v) is 10.6. The Morgan fingerprint density at radius 2 is 2.12 bits per heavy atom. The van der Waals surface area contributed by atoms with E-state index in [0.29, 0.717) is 19.0 Å². The highest BCUT2D eigenvalue weighted by atomic mass is 16.3. The molecule has 1 saturated carbocycles. The molecule has 0 saturated heterocycles. The van der Waals surface area contributed by atoms with E-state index in [1.807, 2.05) is 0 Å². The van der Waals surface area contributed by atoms with E-state index < -0.39 is 6.04 Å². The molecule has 17 heavy (non-hydrogen) atoms. The van der Waals surface area contributed by atoms with E-state index in [4.69, 9.17) is 5.11 Å². The highest BCUT2D eigenvalue weighted by Crippen LogP contribution is 2.25. The van der Waals surface area contributed by atoms with Crippen LogP contribution >= 0.6 is 0 Å². The van der Waals surface area contributed by atoms with Crippen LogP contribution < -0.4 is 5.32 Å². The summed E-state index contributed by atoms with van der Waals surface area (Å²) in [4.78, 5) is 24.9. The molecule has 1 aliphatic rings. The van der Waals surface area contributed by atoms with Crippen LogP contribution in [0, 0.1) is 0 Å². The molecule has 2 amide bonds. The first kappa shape index (κ1) is 14.0. The number of hydrogen-bond acceptors (Lipinski definition) is 3. The van der Waals surface area contributed by atoms with E-state index in [9.17, 15) is 9.59 Å². The summed E-state index contributed by atoms with van der Waals surface area (Å²) in [6.07, 6.45) is 3.81. The van der Waals surface area contributed by atoms with E-state index in [0.717, 1.165) is 19.3 Å². The second-order valence-electron chi connectivity index (χ2n) is 4.62. The largest absolute Gasteiger partial charge is 0.396 e. The molecule has 0 bridgehead atoms. The molecule has 0 aromatic heterocycles. The third-order valence-electron chi connectivity index (χ3n) is 3.15. The lowest BCUT2D eigenvalue weighted by molar-refractivity contribution is -0.139. The zero-order valence-electron chi connectivity index (χ0n) is 10.6. The Bertz CT molecular complexity index is 277. The number of nitrogens with one attached hydrogen (secondary N) is 1. The lowest BCUT2D eigenvalue weighted by Gasteiger charge is -2.39. The number of aliphatic hydroxyl groups is 1. The molecule has 1 unspecified atom stereocenters. The van der Waals surface area contributed by atoms with Crippen LogP contribution in [0.1, 0.15) is 39.5 Å². The van der Waals surface area contributed by atoms with Gasteiger partial charge in [-0.25, -0.2) is 0 Å². The van der Waals surface area contributed by atoms with Crippen molar-refractivity contribution >= 4 is 11.8 Å². The van der Waals surface area contributed by atoms with Crippen LogP contribution in [0.2, 0.25) is 0 Å².